The molecule has 23 heavy (non-hydrogen) atoms. The normalized spacial score (nSPS) is 19.9. The van der Waals surface area contributed by atoms with Crippen LogP contribution in [0, 0.1) is 5.92 Å². The Morgan fingerprint density at radius 1 is 1.22 bits per heavy atom. The number of fused-ring (bicyclic) bond motifs is 1. The van der Waals surface area contributed by atoms with Gasteiger partial charge in [0.25, 0.3) is 0 Å². The summed E-state index contributed by atoms with van der Waals surface area (Å²) in [6.45, 7) is 3.42. The van der Waals surface area contributed by atoms with Gasteiger partial charge < -0.3 is 4.57 Å². The third-order valence-electron chi connectivity index (χ3n) is 5.23. The van der Waals surface area contributed by atoms with Crippen molar-refractivity contribution in [2.45, 2.75) is 51.5 Å². The van der Waals surface area contributed by atoms with Crippen LogP contribution in [0.15, 0.2) is 6.33 Å². The fourth-order valence-corrected chi connectivity index (χ4v) is 4.96. The second-order valence-corrected chi connectivity index (χ2v) is 8.13. The van der Waals surface area contributed by atoms with E-state index in [0.717, 1.165) is 24.7 Å². The molecule has 0 saturated carbocycles. The number of hydrogen-bond acceptors (Lipinski definition) is 5. The van der Waals surface area contributed by atoms with Crippen LogP contribution in [0.25, 0.3) is 0 Å². The van der Waals surface area contributed by atoms with E-state index in [9.17, 15) is 0 Å². The Balaban J connectivity index is 1.29. The molecule has 4 rings (SSSR count). The molecule has 0 unspecified atom stereocenters. The molecule has 6 heteroatoms. The standard InChI is InChI=1S/C17H25N5S/c1-21-12-18-20-16(21)10-13-6-8-22(9-7-13)11-17-19-14-4-2-3-5-15(14)23-17/h12-13H,2-11H2,1H3. The Morgan fingerprint density at radius 3 is 2.78 bits per heavy atom. The van der Waals surface area contributed by atoms with Crippen molar-refractivity contribution in [2.24, 2.45) is 13.0 Å². The SMILES string of the molecule is Cn1cnnc1CC1CCN(Cc2nc3c(s2)CCCC3)CC1. The minimum Gasteiger partial charge on any atom is -0.321 e. The van der Waals surface area contributed by atoms with Crippen molar-refractivity contribution in [3.8, 4) is 0 Å². The molecule has 1 fully saturated rings. The van der Waals surface area contributed by atoms with Crippen LogP contribution in [0.2, 0.25) is 0 Å². The van der Waals surface area contributed by atoms with Gasteiger partial charge in [-0.05, 0) is 57.5 Å². The van der Waals surface area contributed by atoms with E-state index < -0.39 is 0 Å². The van der Waals surface area contributed by atoms with Crippen molar-refractivity contribution in [1.29, 1.82) is 0 Å². The molecule has 0 bridgehead atoms. The third kappa shape index (κ3) is 3.48. The number of hydrogen-bond donors (Lipinski definition) is 0. The number of likely N-dealkylation sites (tertiary alicyclic amines) is 1. The van der Waals surface area contributed by atoms with Gasteiger partial charge in [-0.25, -0.2) is 4.98 Å². The first-order chi connectivity index (χ1) is 11.3. The van der Waals surface area contributed by atoms with Crippen molar-refractivity contribution in [1.82, 2.24) is 24.6 Å². The van der Waals surface area contributed by atoms with Crippen LogP contribution in [-0.2, 0) is 32.9 Å². The summed E-state index contributed by atoms with van der Waals surface area (Å²) in [5.74, 6) is 1.87. The lowest BCUT2D eigenvalue weighted by Crippen LogP contribution is -2.34. The molecule has 1 aliphatic heterocycles. The fourth-order valence-electron chi connectivity index (χ4n) is 3.76. The average molecular weight is 331 g/mol. The molecule has 0 N–H and O–H groups in total. The molecule has 3 heterocycles. The van der Waals surface area contributed by atoms with Crippen LogP contribution in [0.4, 0.5) is 0 Å². The molecular weight excluding hydrogens is 306 g/mol. The van der Waals surface area contributed by atoms with Crippen molar-refractivity contribution in [3.05, 3.63) is 27.7 Å². The summed E-state index contributed by atoms with van der Waals surface area (Å²) in [6.07, 6.45) is 10.5. The fraction of sp³-hybridized carbons (Fsp3) is 0.706. The van der Waals surface area contributed by atoms with Crippen LogP contribution in [0.1, 0.15) is 47.1 Å². The van der Waals surface area contributed by atoms with Crippen LogP contribution in [0.3, 0.4) is 0 Å². The summed E-state index contributed by atoms with van der Waals surface area (Å²) < 4.78 is 2.05. The first-order valence-corrected chi connectivity index (χ1v) is 9.62. The first kappa shape index (κ1) is 15.3. The van der Waals surface area contributed by atoms with E-state index in [4.69, 9.17) is 4.98 Å². The summed E-state index contributed by atoms with van der Waals surface area (Å²) >= 11 is 1.96. The van der Waals surface area contributed by atoms with Gasteiger partial charge in [-0.2, -0.15) is 0 Å². The predicted molar refractivity (Wildman–Crippen MR) is 91.5 cm³/mol. The molecule has 2 aromatic rings. The molecule has 0 radical (unpaired) electrons. The molecule has 0 aromatic carbocycles. The minimum atomic E-state index is 0.749. The topological polar surface area (TPSA) is 46.8 Å². The number of nitrogens with zero attached hydrogens (tertiary/aromatic N) is 5. The zero-order valence-corrected chi connectivity index (χ0v) is 14.7. The van der Waals surface area contributed by atoms with Gasteiger partial charge in [-0.1, -0.05) is 0 Å². The van der Waals surface area contributed by atoms with Gasteiger partial charge in [0.15, 0.2) is 0 Å². The van der Waals surface area contributed by atoms with E-state index >= 15 is 0 Å². The van der Waals surface area contributed by atoms with Crippen LogP contribution in [-0.4, -0.2) is 37.7 Å². The van der Waals surface area contributed by atoms with Crippen molar-refractivity contribution in [2.75, 3.05) is 13.1 Å². The number of rotatable bonds is 4. The highest BCUT2D eigenvalue weighted by molar-refractivity contribution is 7.11. The number of aryl methyl sites for hydroxylation is 3. The van der Waals surface area contributed by atoms with Gasteiger partial charge in [-0.15, -0.1) is 21.5 Å². The highest BCUT2D eigenvalue weighted by Gasteiger charge is 2.23. The number of aromatic nitrogens is 4. The third-order valence-corrected chi connectivity index (χ3v) is 6.37. The van der Waals surface area contributed by atoms with E-state index in [-0.39, 0.29) is 0 Å². The van der Waals surface area contributed by atoms with Crippen LogP contribution in [0.5, 0.6) is 0 Å². The predicted octanol–water partition coefficient (Wildman–Crippen LogP) is 2.61. The summed E-state index contributed by atoms with van der Waals surface area (Å²) in [5.41, 5.74) is 1.40. The van der Waals surface area contributed by atoms with Crippen molar-refractivity contribution in [3.63, 3.8) is 0 Å². The molecule has 2 aromatic heterocycles. The summed E-state index contributed by atoms with van der Waals surface area (Å²) in [4.78, 5) is 9.03. The minimum absolute atomic E-state index is 0.749. The molecule has 0 spiro atoms. The molecule has 2 aliphatic rings. The first-order valence-electron chi connectivity index (χ1n) is 8.80. The number of piperidine rings is 1. The highest BCUT2D eigenvalue weighted by Crippen LogP contribution is 2.28. The molecule has 5 nitrogen and oxygen atoms in total. The maximum atomic E-state index is 4.89. The maximum Gasteiger partial charge on any atom is 0.132 e. The summed E-state index contributed by atoms with van der Waals surface area (Å²) in [7, 11) is 2.04. The van der Waals surface area contributed by atoms with E-state index in [2.05, 4.69) is 15.1 Å². The summed E-state index contributed by atoms with van der Waals surface area (Å²) in [6, 6.07) is 0. The van der Waals surface area contributed by atoms with E-state index in [1.165, 1.54) is 62.3 Å². The molecule has 0 atom stereocenters. The maximum absolute atomic E-state index is 4.89. The average Bonchev–Trinajstić information content (AvgIpc) is 3.15. The number of thiazole rings is 1. The quantitative estimate of drug-likeness (QED) is 0.864. The molecule has 1 aliphatic carbocycles. The second kappa shape index (κ2) is 6.69. The molecule has 124 valence electrons. The van der Waals surface area contributed by atoms with Crippen LogP contribution < -0.4 is 0 Å². The van der Waals surface area contributed by atoms with Gasteiger partial charge in [-0.3, -0.25) is 4.90 Å². The largest absolute Gasteiger partial charge is 0.321 e. The molecule has 0 amide bonds. The van der Waals surface area contributed by atoms with Gasteiger partial charge in [0.1, 0.15) is 17.2 Å². The summed E-state index contributed by atoms with van der Waals surface area (Å²) in [5, 5.41) is 9.55. The van der Waals surface area contributed by atoms with Crippen molar-refractivity contribution >= 4 is 11.3 Å². The Labute approximate surface area is 141 Å². The lowest BCUT2D eigenvalue weighted by molar-refractivity contribution is 0.175. The van der Waals surface area contributed by atoms with Crippen LogP contribution >= 0.6 is 11.3 Å². The Kier molecular flexibility index (Phi) is 4.44. The Bertz CT molecular complexity index is 630. The Hall–Kier alpha value is -1.27. The van der Waals surface area contributed by atoms with E-state index in [1.54, 1.807) is 11.2 Å². The van der Waals surface area contributed by atoms with Gasteiger partial charge in [0.2, 0.25) is 0 Å². The smallest absolute Gasteiger partial charge is 0.132 e. The molecular formula is C17H25N5S. The Morgan fingerprint density at radius 2 is 2.04 bits per heavy atom. The monoisotopic (exact) mass is 331 g/mol. The van der Waals surface area contributed by atoms with Crippen molar-refractivity contribution < 1.29 is 0 Å². The zero-order chi connectivity index (χ0) is 15.6. The lowest BCUT2D eigenvalue weighted by Gasteiger charge is -2.31. The van der Waals surface area contributed by atoms with Gasteiger partial charge in [0.05, 0.1) is 12.2 Å². The van der Waals surface area contributed by atoms with Gasteiger partial charge >= 0.3 is 0 Å². The van der Waals surface area contributed by atoms with E-state index in [0.29, 0.717) is 0 Å². The highest BCUT2D eigenvalue weighted by atomic mass is 32.1. The second-order valence-electron chi connectivity index (χ2n) is 6.97. The zero-order valence-electron chi connectivity index (χ0n) is 13.9. The lowest BCUT2D eigenvalue weighted by atomic mass is 9.93. The molecule has 1 saturated heterocycles. The van der Waals surface area contributed by atoms with Gasteiger partial charge in [0, 0.05) is 18.3 Å². The van der Waals surface area contributed by atoms with E-state index in [1.807, 2.05) is 23.0 Å².